The number of hydrazine groups is 1. The van der Waals surface area contributed by atoms with Crippen LogP contribution in [-0.2, 0) is 16.0 Å². The van der Waals surface area contributed by atoms with Gasteiger partial charge in [-0.15, -0.1) is 6.58 Å². The number of aromatic nitrogens is 2. The van der Waals surface area contributed by atoms with Crippen molar-refractivity contribution in [2.24, 2.45) is 0 Å². The fraction of sp³-hybridized carbons (Fsp3) is 0.500. The van der Waals surface area contributed by atoms with Crippen molar-refractivity contribution >= 4 is 17.9 Å². The van der Waals surface area contributed by atoms with E-state index in [1.54, 1.807) is 38.3 Å². The van der Waals surface area contributed by atoms with E-state index in [0.717, 1.165) is 0 Å². The second-order valence-electron chi connectivity index (χ2n) is 5.36. The first-order valence-corrected chi connectivity index (χ1v) is 6.86. The first-order valence-electron chi connectivity index (χ1n) is 6.86. The first-order chi connectivity index (χ1) is 10.3. The van der Waals surface area contributed by atoms with Gasteiger partial charge in [-0.1, -0.05) is 6.08 Å². The summed E-state index contributed by atoms with van der Waals surface area (Å²) < 4.78 is 11.6. The van der Waals surface area contributed by atoms with Crippen LogP contribution < -0.4 is 10.9 Å². The molecule has 0 radical (unpaired) electrons. The smallest absolute Gasteiger partial charge is 0.426 e. The number of rotatable bonds is 6. The lowest BCUT2D eigenvalue weighted by Gasteiger charge is -2.19. The second-order valence-corrected chi connectivity index (χ2v) is 5.36. The van der Waals surface area contributed by atoms with Gasteiger partial charge in [0.2, 0.25) is 0 Å². The Labute approximate surface area is 129 Å². The van der Waals surface area contributed by atoms with Gasteiger partial charge in [0.1, 0.15) is 5.60 Å². The lowest BCUT2D eigenvalue weighted by atomic mass is 10.2. The molecule has 0 aromatic carbocycles. The molecule has 8 nitrogen and oxygen atoms in total. The number of amides is 1. The Bertz CT molecular complexity index is 546. The van der Waals surface area contributed by atoms with Gasteiger partial charge in [0.15, 0.2) is 11.5 Å². The van der Waals surface area contributed by atoms with Gasteiger partial charge in [0.05, 0.1) is 12.9 Å². The van der Waals surface area contributed by atoms with Crippen LogP contribution in [0.4, 0.5) is 10.6 Å². The Kier molecular flexibility index (Phi) is 5.97. The molecular formula is C14H22N4O4. The normalized spacial score (nSPS) is 10.7. The summed E-state index contributed by atoms with van der Waals surface area (Å²) in [6.07, 6.45) is 2.39. The van der Waals surface area contributed by atoms with Crippen LogP contribution in [0.3, 0.4) is 0 Å². The zero-order chi connectivity index (χ0) is 16.8. The lowest BCUT2D eigenvalue weighted by Crippen LogP contribution is -2.36. The molecular weight excluding hydrogens is 288 g/mol. The molecule has 22 heavy (non-hydrogen) atoms. The number of imidazole rings is 1. The number of carbonyl (C=O) groups is 2. The summed E-state index contributed by atoms with van der Waals surface area (Å²) in [6, 6.07) is 0. The fourth-order valence-electron chi connectivity index (χ4n) is 1.58. The van der Waals surface area contributed by atoms with Crippen LogP contribution in [0.1, 0.15) is 38.2 Å². The molecule has 0 spiro atoms. The summed E-state index contributed by atoms with van der Waals surface area (Å²) in [5.41, 5.74) is 4.46. The highest BCUT2D eigenvalue weighted by Crippen LogP contribution is 2.15. The van der Waals surface area contributed by atoms with E-state index in [4.69, 9.17) is 9.47 Å². The number of nitrogens with one attached hydrogen (secondary N) is 2. The van der Waals surface area contributed by atoms with Gasteiger partial charge >= 0.3 is 12.1 Å². The Morgan fingerprint density at radius 2 is 2.14 bits per heavy atom. The standard InChI is InChI=1S/C14H22N4O4/c1-6-8-18-9-15-11(10(18)12(19)21-7-2)16-17-13(20)22-14(3,4)5/h6,9,16H,1,7-8H2,2-5H3,(H,17,20). The zero-order valence-corrected chi connectivity index (χ0v) is 13.3. The van der Waals surface area contributed by atoms with Gasteiger partial charge in [-0.3, -0.25) is 5.43 Å². The van der Waals surface area contributed by atoms with E-state index >= 15 is 0 Å². The van der Waals surface area contributed by atoms with Crippen LogP contribution in [0.25, 0.3) is 0 Å². The maximum atomic E-state index is 12.0. The fourth-order valence-corrected chi connectivity index (χ4v) is 1.58. The number of anilines is 1. The molecule has 0 saturated heterocycles. The molecule has 0 unspecified atom stereocenters. The SMILES string of the molecule is C=CCn1cnc(NNC(=O)OC(C)(C)C)c1C(=O)OCC. The molecule has 0 fully saturated rings. The zero-order valence-electron chi connectivity index (χ0n) is 13.3. The Hall–Kier alpha value is -2.51. The lowest BCUT2D eigenvalue weighted by molar-refractivity contribution is 0.0506. The number of hydrogen-bond acceptors (Lipinski definition) is 6. The van der Waals surface area contributed by atoms with Gasteiger partial charge in [0, 0.05) is 6.54 Å². The minimum Gasteiger partial charge on any atom is -0.461 e. The topological polar surface area (TPSA) is 94.5 Å². The Morgan fingerprint density at radius 3 is 2.68 bits per heavy atom. The van der Waals surface area contributed by atoms with Crippen LogP contribution in [0.15, 0.2) is 19.0 Å². The summed E-state index contributed by atoms with van der Waals surface area (Å²) in [7, 11) is 0. The van der Waals surface area contributed by atoms with Crippen LogP contribution in [0, 0.1) is 0 Å². The number of allylic oxidation sites excluding steroid dienone is 1. The molecule has 1 heterocycles. The number of esters is 1. The minimum atomic E-state index is -0.680. The number of carbonyl (C=O) groups excluding carboxylic acids is 2. The number of hydrogen-bond donors (Lipinski definition) is 2. The average molecular weight is 310 g/mol. The van der Waals surface area contributed by atoms with Crippen LogP contribution in [-0.4, -0.2) is 33.8 Å². The Balaban J connectivity index is 2.84. The van der Waals surface area contributed by atoms with E-state index < -0.39 is 17.7 Å². The maximum Gasteiger partial charge on any atom is 0.426 e. The summed E-state index contributed by atoms with van der Waals surface area (Å²) in [5, 5.41) is 0. The van der Waals surface area contributed by atoms with E-state index in [1.807, 2.05) is 0 Å². The molecule has 0 aliphatic heterocycles. The molecule has 0 aliphatic carbocycles. The van der Waals surface area contributed by atoms with E-state index in [2.05, 4.69) is 22.4 Å². The Morgan fingerprint density at radius 1 is 1.45 bits per heavy atom. The highest BCUT2D eigenvalue weighted by Gasteiger charge is 2.21. The highest BCUT2D eigenvalue weighted by molar-refractivity contribution is 5.93. The number of nitrogens with zero attached hydrogens (tertiary/aromatic N) is 2. The molecule has 0 atom stereocenters. The second kappa shape index (κ2) is 7.48. The predicted octanol–water partition coefficient (Wildman–Crippen LogP) is 2.10. The molecule has 2 N–H and O–H groups in total. The van der Waals surface area contributed by atoms with Crippen molar-refractivity contribution in [3.63, 3.8) is 0 Å². The molecule has 8 heteroatoms. The number of ether oxygens (including phenoxy) is 2. The van der Waals surface area contributed by atoms with Crippen molar-refractivity contribution in [3.05, 3.63) is 24.7 Å². The minimum absolute atomic E-state index is 0.172. The van der Waals surface area contributed by atoms with Gasteiger partial charge in [0.25, 0.3) is 0 Å². The van der Waals surface area contributed by atoms with Gasteiger partial charge in [-0.05, 0) is 27.7 Å². The van der Waals surface area contributed by atoms with Crippen molar-refractivity contribution in [1.82, 2.24) is 15.0 Å². The van der Waals surface area contributed by atoms with E-state index in [0.29, 0.717) is 6.54 Å². The molecule has 1 aromatic rings. The van der Waals surface area contributed by atoms with Gasteiger partial charge in [-0.2, -0.15) is 0 Å². The highest BCUT2D eigenvalue weighted by atomic mass is 16.6. The molecule has 0 aliphatic rings. The molecule has 0 saturated carbocycles. The third-order valence-corrected chi connectivity index (χ3v) is 2.31. The van der Waals surface area contributed by atoms with Gasteiger partial charge < -0.3 is 14.0 Å². The van der Waals surface area contributed by atoms with Crippen LogP contribution in [0.2, 0.25) is 0 Å². The molecule has 1 rings (SSSR count). The van der Waals surface area contributed by atoms with Crippen molar-refractivity contribution < 1.29 is 19.1 Å². The first kappa shape index (κ1) is 17.5. The van der Waals surface area contributed by atoms with Crippen LogP contribution >= 0.6 is 0 Å². The third kappa shape index (κ3) is 5.12. The van der Waals surface area contributed by atoms with Crippen LogP contribution in [0.5, 0.6) is 0 Å². The monoisotopic (exact) mass is 310 g/mol. The van der Waals surface area contributed by atoms with Gasteiger partial charge in [-0.25, -0.2) is 20.0 Å². The molecule has 0 bridgehead atoms. The average Bonchev–Trinajstić information content (AvgIpc) is 2.78. The largest absolute Gasteiger partial charge is 0.461 e. The summed E-state index contributed by atoms with van der Waals surface area (Å²) >= 11 is 0. The van der Waals surface area contributed by atoms with Crippen molar-refractivity contribution in [2.45, 2.75) is 39.8 Å². The summed E-state index contributed by atoms with van der Waals surface area (Å²) in [6.45, 7) is 11.2. The summed E-state index contributed by atoms with van der Waals surface area (Å²) in [5.74, 6) is -0.374. The predicted molar refractivity (Wildman–Crippen MR) is 81.4 cm³/mol. The maximum absolute atomic E-state index is 12.0. The van der Waals surface area contributed by atoms with Crippen molar-refractivity contribution in [3.8, 4) is 0 Å². The van der Waals surface area contributed by atoms with Crippen molar-refractivity contribution in [2.75, 3.05) is 12.0 Å². The molecule has 1 amide bonds. The molecule has 1 aromatic heterocycles. The van der Waals surface area contributed by atoms with E-state index in [9.17, 15) is 9.59 Å². The van der Waals surface area contributed by atoms with E-state index in [-0.39, 0.29) is 18.1 Å². The quantitative estimate of drug-likeness (QED) is 0.475. The third-order valence-electron chi connectivity index (χ3n) is 2.31. The molecule has 122 valence electrons. The summed E-state index contributed by atoms with van der Waals surface area (Å²) in [4.78, 5) is 27.6. The van der Waals surface area contributed by atoms with E-state index in [1.165, 1.54) is 6.33 Å². The van der Waals surface area contributed by atoms with Crippen molar-refractivity contribution in [1.29, 1.82) is 0 Å².